The molecule has 6 heteroatoms. The number of fused-ring (bicyclic) bond motifs is 1. The van der Waals surface area contributed by atoms with Crippen molar-refractivity contribution in [3.63, 3.8) is 0 Å². The maximum absolute atomic E-state index is 12.8. The quantitative estimate of drug-likeness (QED) is 0.774. The van der Waals surface area contributed by atoms with E-state index in [1.807, 2.05) is 18.2 Å². The highest BCUT2D eigenvalue weighted by atomic mass is 19.1. The lowest BCUT2D eigenvalue weighted by atomic mass is 10.1. The van der Waals surface area contributed by atoms with E-state index in [0.29, 0.717) is 31.6 Å². The molecule has 136 valence electrons. The van der Waals surface area contributed by atoms with Crippen molar-refractivity contribution in [3.8, 4) is 11.5 Å². The van der Waals surface area contributed by atoms with Crippen molar-refractivity contribution in [2.24, 2.45) is 0 Å². The Balaban J connectivity index is 1.40. The number of ketones is 1. The van der Waals surface area contributed by atoms with Crippen LogP contribution in [-0.2, 0) is 11.2 Å². The minimum Gasteiger partial charge on any atom is -0.486 e. The molecule has 0 radical (unpaired) electrons. The Morgan fingerprint density at radius 3 is 2.50 bits per heavy atom. The molecule has 5 nitrogen and oxygen atoms in total. The van der Waals surface area contributed by atoms with Crippen LogP contribution < -0.4 is 14.8 Å². The minimum atomic E-state index is -0.398. The highest BCUT2D eigenvalue weighted by Crippen LogP contribution is 2.31. The van der Waals surface area contributed by atoms with E-state index < -0.39 is 5.82 Å². The Hall–Kier alpha value is -2.89. The van der Waals surface area contributed by atoms with Crippen LogP contribution in [0.5, 0.6) is 11.5 Å². The standard InChI is InChI=1S/C20H20FNO4/c21-16-7-5-15(6-8-16)17(23)13-22-20(24)3-1-2-14-4-9-18-19(12-14)26-11-10-25-18/h4-9,12H,1-3,10-11,13H2,(H,22,24). The second-order valence-electron chi connectivity index (χ2n) is 6.04. The predicted molar refractivity (Wildman–Crippen MR) is 94.1 cm³/mol. The molecule has 1 N–H and O–H groups in total. The summed E-state index contributed by atoms with van der Waals surface area (Å²) in [5.74, 6) is 0.660. The number of aryl methyl sites for hydroxylation is 1. The van der Waals surface area contributed by atoms with E-state index >= 15 is 0 Å². The number of benzene rings is 2. The average molecular weight is 357 g/mol. The molecule has 0 saturated carbocycles. The Kier molecular flexibility index (Phi) is 5.84. The van der Waals surface area contributed by atoms with Crippen LogP contribution in [0.25, 0.3) is 0 Å². The Morgan fingerprint density at radius 1 is 1.00 bits per heavy atom. The van der Waals surface area contributed by atoms with Gasteiger partial charge in [-0.2, -0.15) is 0 Å². The third kappa shape index (κ3) is 4.81. The summed E-state index contributed by atoms with van der Waals surface area (Å²) in [5, 5.41) is 2.60. The first-order valence-electron chi connectivity index (χ1n) is 8.56. The van der Waals surface area contributed by atoms with Crippen molar-refractivity contribution in [1.29, 1.82) is 0 Å². The van der Waals surface area contributed by atoms with Crippen LogP contribution >= 0.6 is 0 Å². The third-order valence-electron chi connectivity index (χ3n) is 4.09. The number of carbonyl (C=O) groups is 2. The lowest BCUT2D eigenvalue weighted by Gasteiger charge is -2.18. The lowest BCUT2D eigenvalue weighted by Crippen LogP contribution is -2.29. The summed E-state index contributed by atoms with van der Waals surface area (Å²) < 4.78 is 23.9. The first-order valence-corrected chi connectivity index (χ1v) is 8.56. The SMILES string of the molecule is O=C(CCCc1ccc2c(c1)OCCO2)NCC(=O)c1ccc(F)cc1. The zero-order valence-corrected chi connectivity index (χ0v) is 14.3. The van der Waals surface area contributed by atoms with E-state index in [1.54, 1.807) is 0 Å². The van der Waals surface area contributed by atoms with Crippen molar-refractivity contribution < 1.29 is 23.5 Å². The number of nitrogens with one attached hydrogen (secondary N) is 1. The normalized spacial score (nSPS) is 12.5. The third-order valence-corrected chi connectivity index (χ3v) is 4.09. The van der Waals surface area contributed by atoms with Gasteiger partial charge in [-0.25, -0.2) is 4.39 Å². The summed E-state index contributed by atoms with van der Waals surface area (Å²) >= 11 is 0. The minimum absolute atomic E-state index is 0.0888. The van der Waals surface area contributed by atoms with Crippen LogP contribution in [0.4, 0.5) is 4.39 Å². The van der Waals surface area contributed by atoms with Gasteiger partial charge >= 0.3 is 0 Å². The molecule has 0 spiro atoms. The lowest BCUT2D eigenvalue weighted by molar-refractivity contribution is -0.121. The Bertz CT molecular complexity index is 789. The summed E-state index contributed by atoms with van der Waals surface area (Å²) in [6.45, 7) is 1.01. The number of rotatable bonds is 7. The molecular weight excluding hydrogens is 337 g/mol. The monoisotopic (exact) mass is 357 g/mol. The molecule has 2 aromatic rings. The zero-order valence-electron chi connectivity index (χ0n) is 14.3. The molecule has 1 aliphatic heterocycles. The fraction of sp³-hybridized carbons (Fsp3) is 0.300. The van der Waals surface area contributed by atoms with Crippen LogP contribution in [0.3, 0.4) is 0 Å². The zero-order chi connectivity index (χ0) is 18.4. The van der Waals surface area contributed by atoms with Crippen molar-refractivity contribution in [1.82, 2.24) is 5.32 Å². The number of amides is 1. The number of carbonyl (C=O) groups excluding carboxylic acids is 2. The van der Waals surface area contributed by atoms with Gasteiger partial charge in [-0.1, -0.05) is 6.07 Å². The first kappa shape index (κ1) is 17.9. The van der Waals surface area contributed by atoms with Crippen LogP contribution in [0.15, 0.2) is 42.5 Å². The van der Waals surface area contributed by atoms with E-state index in [0.717, 1.165) is 23.5 Å². The second kappa shape index (κ2) is 8.47. The summed E-state index contributed by atoms with van der Waals surface area (Å²) in [6.07, 6.45) is 1.72. The number of hydrogen-bond acceptors (Lipinski definition) is 4. The van der Waals surface area contributed by atoms with Gasteiger partial charge < -0.3 is 14.8 Å². The number of Topliss-reactive ketones (excluding diaryl/α,β-unsaturated/α-hetero) is 1. The molecule has 1 amide bonds. The molecule has 0 unspecified atom stereocenters. The van der Waals surface area contributed by atoms with Crippen molar-refractivity contribution in [3.05, 3.63) is 59.4 Å². The van der Waals surface area contributed by atoms with Crippen LogP contribution in [0, 0.1) is 5.82 Å². The van der Waals surface area contributed by atoms with Crippen molar-refractivity contribution in [2.75, 3.05) is 19.8 Å². The van der Waals surface area contributed by atoms with Gasteiger partial charge in [0.1, 0.15) is 19.0 Å². The highest BCUT2D eigenvalue weighted by molar-refractivity contribution is 5.99. The van der Waals surface area contributed by atoms with Crippen molar-refractivity contribution in [2.45, 2.75) is 19.3 Å². The summed E-state index contributed by atoms with van der Waals surface area (Å²) in [4.78, 5) is 23.8. The largest absolute Gasteiger partial charge is 0.486 e. The molecule has 0 aliphatic carbocycles. The molecule has 1 aliphatic rings. The maximum atomic E-state index is 12.8. The van der Waals surface area contributed by atoms with Crippen molar-refractivity contribution >= 4 is 11.7 Å². The summed E-state index contributed by atoms with van der Waals surface area (Å²) in [7, 11) is 0. The molecule has 0 fully saturated rings. The van der Waals surface area contributed by atoms with E-state index in [9.17, 15) is 14.0 Å². The van der Waals surface area contributed by atoms with Gasteiger partial charge in [0, 0.05) is 12.0 Å². The molecule has 1 heterocycles. The highest BCUT2D eigenvalue weighted by Gasteiger charge is 2.12. The summed E-state index contributed by atoms with van der Waals surface area (Å²) in [6, 6.07) is 11.0. The van der Waals surface area contributed by atoms with Gasteiger partial charge in [-0.15, -0.1) is 0 Å². The van der Waals surface area contributed by atoms with Crippen LogP contribution in [0.2, 0.25) is 0 Å². The fourth-order valence-electron chi connectivity index (χ4n) is 2.70. The predicted octanol–water partition coefficient (Wildman–Crippen LogP) is 2.92. The fourth-order valence-corrected chi connectivity index (χ4v) is 2.70. The Labute approximate surface area is 151 Å². The van der Waals surface area contributed by atoms with Crippen LogP contribution in [0.1, 0.15) is 28.8 Å². The maximum Gasteiger partial charge on any atom is 0.220 e. The molecule has 26 heavy (non-hydrogen) atoms. The Morgan fingerprint density at radius 2 is 1.73 bits per heavy atom. The first-order chi connectivity index (χ1) is 12.6. The van der Waals surface area contributed by atoms with Gasteiger partial charge in [0.25, 0.3) is 0 Å². The molecule has 3 rings (SSSR count). The van der Waals surface area contributed by atoms with Gasteiger partial charge in [-0.3, -0.25) is 9.59 Å². The van der Waals surface area contributed by atoms with Gasteiger partial charge in [0.2, 0.25) is 5.91 Å². The van der Waals surface area contributed by atoms with E-state index in [4.69, 9.17) is 9.47 Å². The number of halogens is 1. The smallest absolute Gasteiger partial charge is 0.220 e. The molecule has 0 aromatic heterocycles. The topological polar surface area (TPSA) is 64.6 Å². The second-order valence-corrected chi connectivity index (χ2v) is 6.04. The van der Waals surface area contributed by atoms with E-state index in [-0.39, 0.29) is 18.2 Å². The summed E-state index contributed by atoms with van der Waals surface area (Å²) in [5.41, 5.74) is 1.45. The molecule has 0 bridgehead atoms. The average Bonchev–Trinajstić information content (AvgIpc) is 2.66. The van der Waals surface area contributed by atoms with Gasteiger partial charge in [-0.05, 0) is 54.8 Å². The van der Waals surface area contributed by atoms with E-state index in [2.05, 4.69) is 5.32 Å². The number of ether oxygens (including phenoxy) is 2. The van der Waals surface area contributed by atoms with E-state index in [1.165, 1.54) is 24.3 Å². The van der Waals surface area contributed by atoms with Crippen LogP contribution in [-0.4, -0.2) is 31.4 Å². The van der Waals surface area contributed by atoms with Gasteiger partial charge in [0.05, 0.1) is 6.54 Å². The molecule has 0 atom stereocenters. The molecular formula is C20H20FNO4. The molecule has 0 saturated heterocycles. The number of hydrogen-bond donors (Lipinski definition) is 1. The van der Waals surface area contributed by atoms with Gasteiger partial charge in [0.15, 0.2) is 17.3 Å². The molecule has 2 aromatic carbocycles.